The van der Waals surface area contributed by atoms with Crippen LogP contribution in [0.5, 0.6) is 0 Å². The van der Waals surface area contributed by atoms with Gasteiger partial charge in [-0.1, -0.05) is 15.5 Å². The van der Waals surface area contributed by atoms with E-state index in [1.165, 1.54) is 20.8 Å². The largest absolute Gasteiger partial charge is 0.452 e. The van der Waals surface area contributed by atoms with Crippen molar-refractivity contribution in [3.8, 4) is 31.7 Å². The molecule has 9 heterocycles. The van der Waals surface area contributed by atoms with E-state index in [1.807, 2.05) is 35.2 Å². The molecule has 0 bridgehead atoms. The van der Waals surface area contributed by atoms with Crippen LogP contribution in [0.25, 0.3) is 31.7 Å². The fraction of sp³-hybridized carbons (Fsp3) is 0.520. The molecular formula is C50H58F9N9O6S3. The summed E-state index contributed by atoms with van der Waals surface area (Å²) in [5, 5.41) is 13.8. The van der Waals surface area contributed by atoms with Gasteiger partial charge in [0, 0.05) is 74.1 Å². The second kappa shape index (κ2) is 24.2. The molecular weight excluding hydrogens is 1090 g/mol. The molecule has 3 saturated heterocycles. The number of amides is 3. The quantitative estimate of drug-likeness (QED) is 0.137. The summed E-state index contributed by atoms with van der Waals surface area (Å²) >= 11 is 3.41. The molecule has 3 aliphatic rings. The Kier molecular flexibility index (Phi) is 18.5. The Morgan fingerprint density at radius 1 is 0.519 bits per heavy atom. The first kappa shape index (κ1) is 59.1. The van der Waals surface area contributed by atoms with E-state index >= 15 is 0 Å². The Balaban J connectivity index is 0.000000168. The van der Waals surface area contributed by atoms with E-state index in [4.69, 9.17) is 0 Å². The summed E-state index contributed by atoms with van der Waals surface area (Å²) in [5.41, 5.74) is 0.190. The zero-order chi connectivity index (χ0) is 56.3. The van der Waals surface area contributed by atoms with E-state index in [1.54, 1.807) is 51.1 Å². The van der Waals surface area contributed by atoms with Crippen molar-refractivity contribution in [3.63, 3.8) is 0 Å². The summed E-state index contributed by atoms with van der Waals surface area (Å²) in [6.07, 6.45) is -7.84. The highest BCUT2D eigenvalue weighted by Crippen LogP contribution is 2.41. The van der Waals surface area contributed by atoms with Crippen molar-refractivity contribution in [2.45, 2.75) is 96.0 Å². The van der Waals surface area contributed by atoms with Crippen LogP contribution in [0.15, 0.2) is 50.0 Å². The van der Waals surface area contributed by atoms with Crippen molar-refractivity contribution in [1.29, 1.82) is 0 Å². The number of carbonyl (C=O) groups excluding carboxylic acids is 3. The van der Waals surface area contributed by atoms with Gasteiger partial charge in [-0.2, -0.15) is 39.5 Å². The second-order valence-corrected chi connectivity index (χ2v) is 22.6. The number of likely N-dealkylation sites (tertiary alicyclic amines) is 3. The summed E-state index contributed by atoms with van der Waals surface area (Å²) in [7, 11) is 9.84. The lowest BCUT2D eigenvalue weighted by atomic mass is 10.0. The van der Waals surface area contributed by atoms with Gasteiger partial charge in [0.2, 0.25) is 17.3 Å². The zero-order valence-electron chi connectivity index (χ0n) is 43.3. The molecule has 15 nitrogen and oxygen atoms in total. The lowest BCUT2D eigenvalue weighted by molar-refractivity contribution is -0.156. The van der Waals surface area contributed by atoms with E-state index in [-0.39, 0.29) is 57.5 Å². The predicted molar refractivity (Wildman–Crippen MR) is 272 cm³/mol. The molecule has 420 valence electrons. The second-order valence-electron chi connectivity index (χ2n) is 19.3. The first-order chi connectivity index (χ1) is 36.2. The SMILES string of the molecule is CN[C@@H]1CCCN(C(=O)c2ccc(-c3noc(C(F)(F)F)c3C)s2)C1.Cc1c(-c2ccc(C(=O)N3CCC[C@@H](N(C)C)C3)s2)noc1C(F)(F)F.Cc1c(-c2ccc(C(=O)N3CCC[C@H](N(C)C)C3)s2)noc1C(F)(F)F. The third kappa shape index (κ3) is 13.8. The number of alkyl halides is 9. The van der Waals surface area contributed by atoms with Crippen molar-refractivity contribution in [2.75, 3.05) is 74.5 Å². The highest BCUT2D eigenvalue weighted by atomic mass is 32.1. The Bertz CT molecular complexity index is 2860. The number of nitrogens with one attached hydrogen (secondary N) is 1. The molecule has 1 N–H and O–H groups in total. The smallest absolute Gasteiger partial charge is 0.351 e. The highest BCUT2D eigenvalue weighted by Gasteiger charge is 2.42. The molecule has 3 amide bonds. The first-order valence-corrected chi connectivity index (χ1v) is 26.9. The number of piperidine rings is 3. The van der Waals surface area contributed by atoms with Crippen LogP contribution in [0.4, 0.5) is 39.5 Å². The van der Waals surface area contributed by atoms with Gasteiger partial charge in [0.05, 0.1) is 29.3 Å². The van der Waals surface area contributed by atoms with Crippen molar-refractivity contribution in [2.24, 2.45) is 0 Å². The Morgan fingerprint density at radius 3 is 1.09 bits per heavy atom. The number of thiophene rings is 3. The number of rotatable bonds is 9. The molecule has 0 saturated carbocycles. The van der Waals surface area contributed by atoms with E-state index in [0.717, 1.165) is 72.5 Å². The molecule has 27 heteroatoms. The number of nitrogens with zero attached hydrogens (tertiary/aromatic N) is 8. The van der Waals surface area contributed by atoms with Crippen LogP contribution in [0, 0.1) is 20.8 Å². The molecule has 0 aliphatic carbocycles. The average Bonchev–Trinajstić information content (AvgIpc) is 4.26. The minimum absolute atomic E-state index is 0.0657. The number of carbonyl (C=O) groups is 3. The van der Waals surface area contributed by atoms with Crippen LogP contribution in [0.1, 0.15) is 102 Å². The van der Waals surface area contributed by atoms with E-state index in [9.17, 15) is 53.9 Å². The number of halogens is 9. The molecule has 9 rings (SSSR count). The van der Waals surface area contributed by atoms with Crippen LogP contribution in [0.2, 0.25) is 0 Å². The van der Waals surface area contributed by atoms with Gasteiger partial charge in [0.15, 0.2) is 0 Å². The summed E-state index contributed by atoms with van der Waals surface area (Å²) < 4.78 is 129. The number of hydrogen-bond donors (Lipinski definition) is 1. The maximum absolute atomic E-state index is 12.9. The monoisotopic (exact) mass is 1150 g/mol. The maximum Gasteiger partial charge on any atom is 0.452 e. The van der Waals surface area contributed by atoms with E-state index in [2.05, 4.69) is 44.2 Å². The number of hydrogen-bond acceptors (Lipinski definition) is 15. The molecule has 0 unspecified atom stereocenters. The van der Waals surface area contributed by atoms with Crippen LogP contribution in [-0.4, -0.2) is 150 Å². The molecule has 6 aromatic heterocycles. The summed E-state index contributed by atoms with van der Waals surface area (Å²) in [6, 6.07) is 10.7. The third-order valence-electron chi connectivity index (χ3n) is 13.6. The zero-order valence-corrected chi connectivity index (χ0v) is 45.8. The van der Waals surface area contributed by atoms with Gasteiger partial charge in [0.1, 0.15) is 17.1 Å². The van der Waals surface area contributed by atoms with Crippen molar-refractivity contribution in [3.05, 3.63) is 85.0 Å². The minimum atomic E-state index is -4.58. The van der Waals surface area contributed by atoms with Gasteiger partial charge in [-0.05, 0) is 131 Å². The van der Waals surface area contributed by atoms with Crippen LogP contribution in [-0.2, 0) is 18.5 Å². The molecule has 6 aromatic rings. The molecule has 3 fully saturated rings. The lowest BCUT2D eigenvalue weighted by Crippen LogP contribution is -2.47. The Labute approximate surface area is 449 Å². The fourth-order valence-corrected chi connectivity index (χ4v) is 12.3. The fourth-order valence-electron chi connectivity index (χ4n) is 9.22. The van der Waals surface area contributed by atoms with Gasteiger partial charge >= 0.3 is 18.5 Å². The van der Waals surface area contributed by atoms with Crippen LogP contribution in [0.3, 0.4) is 0 Å². The predicted octanol–water partition coefficient (Wildman–Crippen LogP) is 11.3. The van der Waals surface area contributed by atoms with Gasteiger partial charge in [-0.25, -0.2) is 0 Å². The summed E-state index contributed by atoms with van der Waals surface area (Å²) in [6.45, 7) is 7.97. The molecule has 3 atom stereocenters. The topological polar surface area (TPSA) is 158 Å². The Morgan fingerprint density at radius 2 is 0.818 bits per heavy atom. The highest BCUT2D eigenvalue weighted by molar-refractivity contribution is 7.18. The van der Waals surface area contributed by atoms with Gasteiger partial charge in [-0.3, -0.25) is 14.4 Å². The number of aromatic nitrogens is 3. The first-order valence-electron chi connectivity index (χ1n) is 24.5. The minimum Gasteiger partial charge on any atom is -0.351 e. The van der Waals surface area contributed by atoms with Crippen molar-refractivity contribution >= 4 is 51.7 Å². The van der Waals surface area contributed by atoms with E-state index in [0.29, 0.717) is 80.6 Å². The third-order valence-corrected chi connectivity index (χ3v) is 16.9. The van der Waals surface area contributed by atoms with E-state index < -0.39 is 35.8 Å². The molecule has 0 spiro atoms. The Hall–Kier alpha value is -5.61. The molecule has 77 heavy (non-hydrogen) atoms. The average molecular weight is 1150 g/mol. The van der Waals surface area contributed by atoms with Crippen LogP contribution < -0.4 is 5.32 Å². The molecule has 0 radical (unpaired) electrons. The molecule has 3 aliphatic heterocycles. The molecule has 0 aromatic carbocycles. The number of likely N-dealkylation sites (N-methyl/N-ethyl adjacent to an activating group) is 3. The lowest BCUT2D eigenvalue weighted by Gasteiger charge is -2.35. The standard InChI is InChI=1S/2C17H20F3N3O2S.C16H18F3N3O2S/c2*1-10-14(21-25-15(10)17(18,19)20)12-6-7-13(26-12)16(24)23-8-4-5-11(9-23)22(2)3;1-9-13(21-24-14(9)16(17,18)19)11-5-6-12(25-11)15(23)22-7-3-4-10(8-22)20-2/h2*6-7,11H,4-5,8-9H2,1-3H3;5-6,10,20H,3-4,7-8H2,1-2H3/t2*11-;10-/m101/s1. The summed E-state index contributed by atoms with van der Waals surface area (Å²) in [5.74, 6) is -3.59. The maximum atomic E-state index is 12.9. The van der Waals surface area contributed by atoms with Gasteiger partial charge in [0.25, 0.3) is 17.7 Å². The summed E-state index contributed by atoms with van der Waals surface area (Å²) in [4.78, 5) is 50.7. The van der Waals surface area contributed by atoms with Gasteiger partial charge in [-0.15, -0.1) is 34.0 Å². The van der Waals surface area contributed by atoms with Gasteiger partial charge < -0.3 is 43.4 Å². The van der Waals surface area contributed by atoms with Crippen molar-refractivity contribution in [1.82, 2.24) is 45.3 Å². The van der Waals surface area contributed by atoms with Crippen molar-refractivity contribution < 1.29 is 67.5 Å². The normalized spacial score (nSPS) is 18.6. The van der Waals surface area contributed by atoms with Crippen LogP contribution >= 0.6 is 34.0 Å².